The molecular formula is C33H34N4O4S. The van der Waals surface area contributed by atoms with Crippen molar-refractivity contribution in [3.63, 3.8) is 0 Å². The summed E-state index contributed by atoms with van der Waals surface area (Å²) in [6.45, 7) is 8.83. The van der Waals surface area contributed by atoms with E-state index in [1.165, 1.54) is 11.8 Å². The molecule has 0 fully saturated rings. The van der Waals surface area contributed by atoms with Crippen LogP contribution in [0.2, 0.25) is 0 Å². The van der Waals surface area contributed by atoms with E-state index < -0.39 is 0 Å². The number of carbonyl (C=O) groups excluding carboxylic acids is 2. The quantitative estimate of drug-likeness (QED) is 0.295. The first-order chi connectivity index (χ1) is 20.3. The highest BCUT2D eigenvalue weighted by molar-refractivity contribution is 8.00. The van der Waals surface area contributed by atoms with Crippen molar-refractivity contribution < 1.29 is 19.1 Å². The zero-order valence-corrected chi connectivity index (χ0v) is 25.0. The monoisotopic (exact) mass is 582 g/mol. The molecule has 9 heteroatoms. The molecule has 2 amide bonds. The smallest absolute Gasteiger partial charge is 0.240 e. The summed E-state index contributed by atoms with van der Waals surface area (Å²) in [4.78, 5) is 28.8. The number of anilines is 1. The summed E-state index contributed by atoms with van der Waals surface area (Å²) in [5, 5.41) is 7.95. The fraction of sp³-hybridized carbons (Fsp3) is 0.303. The lowest BCUT2D eigenvalue weighted by Crippen LogP contribution is -2.43. The summed E-state index contributed by atoms with van der Waals surface area (Å²) in [5.41, 5.74) is 6.59. The minimum Gasteiger partial charge on any atom is -0.454 e. The van der Waals surface area contributed by atoms with Crippen molar-refractivity contribution in [3.8, 4) is 28.4 Å². The number of hydrogen-bond acceptors (Lipinski definition) is 6. The van der Waals surface area contributed by atoms with Gasteiger partial charge < -0.3 is 14.8 Å². The summed E-state index contributed by atoms with van der Waals surface area (Å²) >= 11 is 1.53. The van der Waals surface area contributed by atoms with Crippen LogP contribution in [0.3, 0.4) is 0 Å². The zero-order chi connectivity index (χ0) is 29.4. The molecule has 0 saturated carbocycles. The molecule has 0 saturated heterocycles. The number of hydrogen-bond donors (Lipinski definition) is 1. The van der Waals surface area contributed by atoms with E-state index >= 15 is 0 Å². The van der Waals surface area contributed by atoms with E-state index in [2.05, 4.69) is 25.2 Å². The van der Waals surface area contributed by atoms with Gasteiger partial charge in [0.25, 0.3) is 0 Å². The highest BCUT2D eigenvalue weighted by Crippen LogP contribution is 2.50. The molecule has 0 radical (unpaired) electrons. The first-order valence-electron chi connectivity index (χ1n) is 14.1. The van der Waals surface area contributed by atoms with Gasteiger partial charge in [-0.05, 0) is 54.7 Å². The molecular weight excluding hydrogens is 548 g/mol. The van der Waals surface area contributed by atoms with Gasteiger partial charge in [-0.1, -0.05) is 62.4 Å². The molecule has 1 atom stereocenters. The minimum atomic E-state index is -0.253. The number of rotatable bonds is 7. The maximum atomic E-state index is 13.9. The lowest BCUT2D eigenvalue weighted by Gasteiger charge is -2.24. The number of ether oxygens (including phenoxy) is 2. The van der Waals surface area contributed by atoms with Gasteiger partial charge in [-0.15, -0.1) is 11.8 Å². The minimum absolute atomic E-state index is 0.0994. The maximum absolute atomic E-state index is 13.9. The lowest BCUT2D eigenvalue weighted by molar-refractivity contribution is -0.123. The summed E-state index contributed by atoms with van der Waals surface area (Å²) in [5.74, 6) is 2.14. The number of aryl methyl sites for hydroxylation is 1. The van der Waals surface area contributed by atoms with Crippen LogP contribution < -0.4 is 19.7 Å². The van der Waals surface area contributed by atoms with Crippen LogP contribution in [-0.4, -0.2) is 47.2 Å². The molecule has 0 spiro atoms. The number of benzene rings is 3. The van der Waals surface area contributed by atoms with E-state index in [9.17, 15) is 9.59 Å². The predicted octanol–water partition coefficient (Wildman–Crippen LogP) is 5.83. The average Bonchev–Trinajstić information content (AvgIpc) is 3.58. The normalized spacial score (nSPS) is 16.0. The molecule has 1 aromatic heterocycles. The van der Waals surface area contributed by atoms with E-state index in [0.717, 1.165) is 39.2 Å². The highest BCUT2D eigenvalue weighted by atomic mass is 32.2. The van der Waals surface area contributed by atoms with Gasteiger partial charge >= 0.3 is 0 Å². The Labute approximate surface area is 250 Å². The predicted molar refractivity (Wildman–Crippen MR) is 166 cm³/mol. The molecule has 42 heavy (non-hydrogen) atoms. The number of amides is 2. The van der Waals surface area contributed by atoms with Gasteiger partial charge in [0.2, 0.25) is 18.6 Å². The second-order valence-electron chi connectivity index (χ2n) is 11.1. The van der Waals surface area contributed by atoms with Gasteiger partial charge in [-0.3, -0.25) is 14.5 Å². The fourth-order valence-electron chi connectivity index (χ4n) is 5.32. The van der Waals surface area contributed by atoms with Crippen molar-refractivity contribution in [1.82, 2.24) is 15.1 Å². The number of carbonyl (C=O) groups is 2. The number of thioether (sulfide) groups is 1. The molecule has 2 aliphatic rings. The van der Waals surface area contributed by atoms with Crippen LogP contribution in [0.5, 0.6) is 11.5 Å². The van der Waals surface area contributed by atoms with Crippen LogP contribution in [0.1, 0.15) is 41.4 Å². The molecule has 0 aliphatic carbocycles. The Hall–Kier alpha value is -4.24. The Morgan fingerprint density at radius 3 is 2.62 bits per heavy atom. The number of nitrogens with one attached hydrogen (secondary N) is 1. The van der Waals surface area contributed by atoms with Crippen LogP contribution in [0, 0.1) is 19.8 Å². The van der Waals surface area contributed by atoms with Gasteiger partial charge in [0.1, 0.15) is 12.4 Å². The molecule has 2 aliphatic heterocycles. The number of fused-ring (bicyclic) bond motifs is 2. The van der Waals surface area contributed by atoms with Gasteiger partial charge in [0.15, 0.2) is 11.5 Å². The third-order valence-electron chi connectivity index (χ3n) is 7.65. The largest absolute Gasteiger partial charge is 0.454 e. The van der Waals surface area contributed by atoms with Gasteiger partial charge in [0, 0.05) is 17.7 Å². The van der Waals surface area contributed by atoms with Crippen molar-refractivity contribution in [1.29, 1.82) is 0 Å². The maximum Gasteiger partial charge on any atom is 0.240 e. The van der Waals surface area contributed by atoms with E-state index in [0.29, 0.717) is 29.8 Å². The molecule has 216 valence electrons. The molecule has 3 aromatic carbocycles. The van der Waals surface area contributed by atoms with Crippen LogP contribution in [0.4, 0.5) is 5.82 Å². The molecule has 0 unspecified atom stereocenters. The average molecular weight is 583 g/mol. The molecule has 6 rings (SSSR count). The second kappa shape index (κ2) is 11.6. The van der Waals surface area contributed by atoms with E-state index in [1.54, 1.807) is 4.90 Å². The Morgan fingerprint density at radius 2 is 1.83 bits per heavy atom. The van der Waals surface area contributed by atoms with Crippen LogP contribution in [0.25, 0.3) is 16.9 Å². The van der Waals surface area contributed by atoms with Crippen LogP contribution in [0.15, 0.2) is 66.7 Å². The van der Waals surface area contributed by atoms with E-state index in [4.69, 9.17) is 14.6 Å². The Balaban J connectivity index is 1.60. The zero-order valence-electron chi connectivity index (χ0n) is 24.2. The first kappa shape index (κ1) is 27.9. The number of aromatic nitrogens is 2. The lowest BCUT2D eigenvalue weighted by atomic mass is 9.99. The fourth-order valence-corrected chi connectivity index (χ4v) is 6.51. The molecule has 4 aromatic rings. The third kappa shape index (κ3) is 5.25. The van der Waals surface area contributed by atoms with Crippen molar-refractivity contribution in [2.75, 3.05) is 30.5 Å². The van der Waals surface area contributed by atoms with Crippen LogP contribution >= 0.6 is 11.8 Å². The summed E-state index contributed by atoms with van der Waals surface area (Å²) in [6.07, 6.45) is 0. The summed E-state index contributed by atoms with van der Waals surface area (Å²) in [7, 11) is 0. The van der Waals surface area contributed by atoms with Crippen molar-refractivity contribution in [2.24, 2.45) is 5.92 Å². The molecule has 1 N–H and O–H groups in total. The van der Waals surface area contributed by atoms with Crippen molar-refractivity contribution in [2.45, 2.75) is 32.9 Å². The first-order valence-corrected chi connectivity index (χ1v) is 15.2. The third-order valence-corrected chi connectivity index (χ3v) is 8.90. The van der Waals surface area contributed by atoms with Gasteiger partial charge in [-0.25, -0.2) is 4.68 Å². The Bertz CT molecular complexity index is 1650. The molecule has 0 bridgehead atoms. The molecule has 8 nitrogen and oxygen atoms in total. The number of nitrogens with zero attached hydrogens (tertiary/aromatic N) is 3. The van der Waals surface area contributed by atoms with Crippen molar-refractivity contribution in [3.05, 3.63) is 89.0 Å². The topological polar surface area (TPSA) is 85.7 Å². The SMILES string of the molecule is Cc1cccc(-n2nc(-c3ccccc3)c3c2N(CC(=O)NCC(C)C)C(=O)CS[C@H]3c2ccc3c(c2)OCO3)c1C. The van der Waals surface area contributed by atoms with Crippen molar-refractivity contribution >= 4 is 29.4 Å². The Kier molecular flexibility index (Phi) is 7.68. The standard InChI is InChI=1S/C33H34N4O4S/c1-20(2)16-34-28(38)17-36-29(39)18-42-32(24-13-14-26-27(15-24)41-19-40-26)30-31(23-10-6-5-7-11-23)35-37(33(30)36)25-12-8-9-21(3)22(25)4/h5-15,20,32H,16-19H2,1-4H3,(H,34,38)/t32-/m0/s1. The van der Waals surface area contributed by atoms with E-state index in [-0.39, 0.29) is 36.2 Å². The van der Waals surface area contributed by atoms with Crippen LogP contribution in [-0.2, 0) is 9.59 Å². The highest BCUT2D eigenvalue weighted by Gasteiger charge is 2.38. The van der Waals surface area contributed by atoms with E-state index in [1.807, 2.05) is 79.2 Å². The molecule has 3 heterocycles. The summed E-state index contributed by atoms with van der Waals surface area (Å²) < 4.78 is 13.2. The van der Waals surface area contributed by atoms with Gasteiger partial charge in [0.05, 0.1) is 22.4 Å². The summed E-state index contributed by atoms with van der Waals surface area (Å²) in [6, 6.07) is 22.0. The van der Waals surface area contributed by atoms with Gasteiger partial charge in [-0.2, -0.15) is 5.10 Å². The second-order valence-corrected chi connectivity index (χ2v) is 12.2. The Morgan fingerprint density at radius 1 is 1.05 bits per heavy atom.